The van der Waals surface area contributed by atoms with Crippen LogP contribution in [0.4, 0.5) is 11.4 Å². The van der Waals surface area contributed by atoms with Gasteiger partial charge in [-0.1, -0.05) is 0 Å². The van der Waals surface area contributed by atoms with Gasteiger partial charge in [0.1, 0.15) is 5.75 Å². The maximum atomic E-state index is 5.90. The van der Waals surface area contributed by atoms with E-state index in [0.717, 1.165) is 43.1 Å². The molecule has 0 radical (unpaired) electrons. The van der Waals surface area contributed by atoms with Gasteiger partial charge in [0.25, 0.3) is 0 Å². The lowest BCUT2D eigenvalue weighted by atomic mass is 10.2. The molecule has 1 aliphatic rings. The van der Waals surface area contributed by atoms with E-state index >= 15 is 0 Å². The summed E-state index contributed by atoms with van der Waals surface area (Å²) < 4.78 is 5.16. The number of ether oxygens (including phenoxy) is 1. The molecule has 1 aromatic carbocycles. The maximum absolute atomic E-state index is 5.90. The van der Waals surface area contributed by atoms with E-state index in [2.05, 4.69) is 0 Å². The number of hydrogen-bond donors (Lipinski definition) is 1. The third kappa shape index (κ3) is 2.15. The Bertz CT molecular complexity index is 335. The van der Waals surface area contributed by atoms with Crippen molar-refractivity contribution < 1.29 is 9.57 Å². The predicted octanol–water partition coefficient (Wildman–Crippen LogP) is 1.81. The van der Waals surface area contributed by atoms with Crippen LogP contribution >= 0.6 is 0 Å². The Morgan fingerprint density at radius 2 is 2.27 bits per heavy atom. The summed E-state index contributed by atoms with van der Waals surface area (Å²) in [6.07, 6.45) is 2.25. The van der Waals surface area contributed by atoms with Crippen LogP contribution < -0.4 is 15.5 Å². The minimum atomic E-state index is 0.720. The highest BCUT2D eigenvalue weighted by Gasteiger charge is 2.14. The summed E-state index contributed by atoms with van der Waals surface area (Å²) in [5, 5.41) is 1.85. The first kappa shape index (κ1) is 10.1. The van der Waals surface area contributed by atoms with Crippen LogP contribution in [0.15, 0.2) is 18.2 Å². The Balaban J connectivity index is 2.24. The second-order valence-electron chi connectivity index (χ2n) is 3.57. The van der Waals surface area contributed by atoms with Crippen molar-refractivity contribution in [1.29, 1.82) is 0 Å². The van der Waals surface area contributed by atoms with Crippen molar-refractivity contribution in [1.82, 2.24) is 0 Å². The maximum Gasteiger partial charge on any atom is 0.121 e. The average Bonchev–Trinajstić information content (AvgIpc) is 2.31. The van der Waals surface area contributed by atoms with Crippen LogP contribution in [0.25, 0.3) is 0 Å². The number of hydrogen-bond acceptors (Lipinski definition) is 4. The summed E-state index contributed by atoms with van der Waals surface area (Å²) in [5.41, 5.74) is 7.52. The molecule has 1 fully saturated rings. The van der Waals surface area contributed by atoms with Gasteiger partial charge in [0.05, 0.1) is 25.1 Å². The number of rotatable bonds is 2. The Morgan fingerprint density at radius 3 is 2.93 bits per heavy atom. The molecule has 0 aromatic heterocycles. The van der Waals surface area contributed by atoms with Gasteiger partial charge in [-0.2, -0.15) is 0 Å². The van der Waals surface area contributed by atoms with Gasteiger partial charge in [0.2, 0.25) is 0 Å². The first-order valence-corrected chi connectivity index (χ1v) is 5.15. The van der Waals surface area contributed by atoms with Gasteiger partial charge in [-0.3, -0.25) is 9.90 Å². The standard InChI is InChI=1S/C11H16N2O2/c1-14-9-4-5-10(12)11(8-9)13-6-2-3-7-15-13/h4-5,8H,2-3,6-7,12H2,1H3. The Morgan fingerprint density at radius 1 is 1.40 bits per heavy atom. The Hall–Kier alpha value is -1.42. The Kier molecular flexibility index (Phi) is 2.97. The third-order valence-electron chi connectivity index (χ3n) is 2.51. The first-order valence-electron chi connectivity index (χ1n) is 5.15. The minimum Gasteiger partial charge on any atom is -0.497 e. The molecule has 1 aliphatic heterocycles. The van der Waals surface area contributed by atoms with E-state index in [0.29, 0.717) is 0 Å². The van der Waals surface area contributed by atoms with E-state index in [1.807, 2.05) is 23.3 Å². The minimum absolute atomic E-state index is 0.720. The van der Waals surface area contributed by atoms with Crippen molar-refractivity contribution in [3.05, 3.63) is 18.2 Å². The molecule has 0 saturated carbocycles. The van der Waals surface area contributed by atoms with Crippen LogP contribution in [0.1, 0.15) is 12.8 Å². The monoisotopic (exact) mass is 208 g/mol. The number of nitrogens with two attached hydrogens (primary N) is 1. The number of anilines is 2. The van der Waals surface area contributed by atoms with Crippen LogP contribution in [-0.4, -0.2) is 20.3 Å². The zero-order valence-electron chi connectivity index (χ0n) is 8.90. The summed E-state index contributed by atoms with van der Waals surface area (Å²) >= 11 is 0. The fraction of sp³-hybridized carbons (Fsp3) is 0.455. The van der Waals surface area contributed by atoms with Crippen molar-refractivity contribution in [3.63, 3.8) is 0 Å². The number of nitrogen functional groups attached to an aromatic ring is 1. The summed E-state index contributed by atoms with van der Waals surface area (Å²) in [6.45, 7) is 1.65. The topological polar surface area (TPSA) is 47.7 Å². The van der Waals surface area contributed by atoms with Gasteiger partial charge in [-0.15, -0.1) is 0 Å². The highest BCUT2D eigenvalue weighted by molar-refractivity contribution is 5.68. The number of nitrogens with zero attached hydrogens (tertiary/aromatic N) is 1. The summed E-state index contributed by atoms with van der Waals surface area (Å²) in [5.74, 6) is 0.799. The van der Waals surface area contributed by atoms with E-state index < -0.39 is 0 Å². The SMILES string of the molecule is COc1ccc(N)c(N2CCCCO2)c1. The fourth-order valence-electron chi connectivity index (χ4n) is 1.65. The molecule has 4 heteroatoms. The lowest BCUT2D eigenvalue weighted by Gasteiger charge is -2.29. The van der Waals surface area contributed by atoms with Crippen molar-refractivity contribution in [2.45, 2.75) is 12.8 Å². The molecule has 0 spiro atoms. The van der Waals surface area contributed by atoms with E-state index in [9.17, 15) is 0 Å². The highest BCUT2D eigenvalue weighted by Crippen LogP contribution is 2.29. The van der Waals surface area contributed by atoms with Gasteiger partial charge >= 0.3 is 0 Å². The molecule has 15 heavy (non-hydrogen) atoms. The van der Waals surface area contributed by atoms with E-state index in [-0.39, 0.29) is 0 Å². The molecule has 0 bridgehead atoms. The van der Waals surface area contributed by atoms with Gasteiger partial charge in [-0.05, 0) is 25.0 Å². The highest BCUT2D eigenvalue weighted by atomic mass is 16.7. The molecule has 0 atom stereocenters. The lowest BCUT2D eigenvalue weighted by Crippen LogP contribution is -2.30. The molecule has 0 amide bonds. The quantitative estimate of drug-likeness (QED) is 0.753. The van der Waals surface area contributed by atoms with Crippen molar-refractivity contribution >= 4 is 11.4 Å². The van der Waals surface area contributed by atoms with Gasteiger partial charge in [0.15, 0.2) is 0 Å². The Labute approximate surface area is 89.5 Å². The summed E-state index contributed by atoms with van der Waals surface area (Å²) in [6, 6.07) is 5.59. The fourth-order valence-corrected chi connectivity index (χ4v) is 1.65. The third-order valence-corrected chi connectivity index (χ3v) is 2.51. The van der Waals surface area contributed by atoms with Crippen molar-refractivity contribution in [2.24, 2.45) is 0 Å². The summed E-state index contributed by atoms with van der Waals surface area (Å²) in [7, 11) is 1.65. The lowest BCUT2D eigenvalue weighted by molar-refractivity contribution is 0.0780. The zero-order valence-corrected chi connectivity index (χ0v) is 8.90. The van der Waals surface area contributed by atoms with Crippen LogP contribution in [0.3, 0.4) is 0 Å². The van der Waals surface area contributed by atoms with Gasteiger partial charge < -0.3 is 10.5 Å². The smallest absolute Gasteiger partial charge is 0.121 e. The summed E-state index contributed by atoms with van der Waals surface area (Å²) in [4.78, 5) is 5.54. The van der Waals surface area contributed by atoms with Crippen molar-refractivity contribution in [3.8, 4) is 5.75 Å². The zero-order chi connectivity index (χ0) is 10.7. The van der Waals surface area contributed by atoms with Crippen LogP contribution in [0.2, 0.25) is 0 Å². The second-order valence-corrected chi connectivity index (χ2v) is 3.57. The van der Waals surface area contributed by atoms with Crippen LogP contribution in [0.5, 0.6) is 5.75 Å². The van der Waals surface area contributed by atoms with Crippen LogP contribution in [0, 0.1) is 0 Å². The largest absolute Gasteiger partial charge is 0.497 e. The van der Waals surface area contributed by atoms with Gasteiger partial charge in [-0.25, -0.2) is 0 Å². The van der Waals surface area contributed by atoms with Crippen LogP contribution in [-0.2, 0) is 4.84 Å². The molecule has 1 aromatic rings. The van der Waals surface area contributed by atoms with E-state index in [4.69, 9.17) is 15.3 Å². The second kappa shape index (κ2) is 4.40. The number of methoxy groups -OCH3 is 1. The van der Waals surface area contributed by atoms with Gasteiger partial charge in [0, 0.05) is 12.6 Å². The molecule has 2 rings (SSSR count). The molecule has 4 nitrogen and oxygen atoms in total. The van der Waals surface area contributed by atoms with E-state index in [1.54, 1.807) is 7.11 Å². The number of hydroxylamine groups is 1. The van der Waals surface area contributed by atoms with E-state index in [1.165, 1.54) is 0 Å². The normalized spacial score (nSPS) is 16.5. The molecule has 1 saturated heterocycles. The first-order chi connectivity index (χ1) is 7.31. The molecule has 1 heterocycles. The number of benzene rings is 1. The molecule has 0 unspecified atom stereocenters. The average molecular weight is 208 g/mol. The molecular weight excluding hydrogens is 192 g/mol. The molecule has 2 N–H and O–H groups in total. The molecule has 82 valence electrons. The molecule has 0 aliphatic carbocycles. The van der Waals surface area contributed by atoms with Crippen molar-refractivity contribution in [2.75, 3.05) is 31.1 Å². The predicted molar refractivity (Wildman–Crippen MR) is 59.9 cm³/mol. The molecular formula is C11H16N2O2.